The van der Waals surface area contributed by atoms with Gasteiger partial charge in [0.15, 0.2) is 0 Å². The normalized spacial score (nSPS) is 22.9. The molecule has 36 heavy (non-hydrogen) atoms. The summed E-state index contributed by atoms with van der Waals surface area (Å²) in [4.78, 5) is 16.1. The monoisotopic (exact) mass is 498 g/mol. The predicted molar refractivity (Wildman–Crippen MR) is 148 cm³/mol. The van der Waals surface area contributed by atoms with Crippen molar-refractivity contribution in [1.29, 1.82) is 0 Å². The lowest BCUT2D eigenvalue weighted by atomic mass is 9.82. The third kappa shape index (κ3) is 4.54. The van der Waals surface area contributed by atoms with Gasteiger partial charge in [0.05, 0.1) is 12.0 Å². The molecule has 0 bridgehead atoms. The van der Waals surface area contributed by atoms with Crippen LogP contribution in [0.2, 0.25) is 5.02 Å². The number of aryl methyl sites for hydroxylation is 1. The average molecular weight is 499 g/mol. The maximum Gasteiger partial charge on any atom is 0.230 e. The molecule has 2 fully saturated rings. The third-order valence-electron chi connectivity index (χ3n) is 8.72. The largest absolute Gasteiger partial charge is 0.380 e. The van der Waals surface area contributed by atoms with Gasteiger partial charge in [0, 0.05) is 18.1 Å². The number of fused-ring (bicyclic) bond motifs is 2. The summed E-state index contributed by atoms with van der Waals surface area (Å²) in [5.41, 5.74) is 8.21. The molecule has 4 aliphatic rings. The maximum absolute atomic E-state index is 14.0. The number of benzene rings is 2. The van der Waals surface area contributed by atoms with Gasteiger partial charge in [0.25, 0.3) is 0 Å². The highest BCUT2D eigenvalue weighted by Gasteiger charge is 2.36. The number of allylic oxidation sites excluding steroid dienone is 2. The summed E-state index contributed by atoms with van der Waals surface area (Å²) in [6.07, 6.45) is 15.2. The molecule has 1 N–H and O–H groups in total. The Kier molecular flexibility index (Phi) is 6.75. The molecular weight excluding hydrogens is 464 g/mol. The Morgan fingerprint density at radius 1 is 0.972 bits per heavy atom. The fraction of sp³-hybridized carbons (Fsp3) is 0.406. The van der Waals surface area contributed by atoms with E-state index in [0.717, 1.165) is 43.8 Å². The molecule has 2 heterocycles. The summed E-state index contributed by atoms with van der Waals surface area (Å²) in [7, 11) is 0. The summed E-state index contributed by atoms with van der Waals surface area (Å²) >= 11 is 6.40. The first-order valence-corrected chi connectivity index (χ1v) is 14.0. The summed E-state index contributed by atoms with van der Waals surface area (Å²) in [6.45, 7) is 1.61. The zero-order valence-corrected chi connectivity index (χ0v) is 21.6. The lowest BCUT2D eigenvalue weighted by molar-refractivity contribution is -0.134. The van der Waals surface area contributed by atoms with Crippen molar-refractivity contribution in [1.82, 2.24) is 10.2 Å². The van der Waals surface area contributed by atoms with Crippen LogP contribution < -0.4 is 5.32 Å². The molecular formula is C32H35ClN2O. The number of nitrogens with zero attached hydrogens (tertiary/aromatic N) is 1. The molecule has 2 aromatic carbocycles. The van der Waals surface area contributed by atoms with E-state index >= 15 is 0 Å². The van der Waals surface area contributed by atoms with Crippen molar-refractivity contribution < 1.29 is 4.79 Å². The molecule has 1 saturated heterocycles. The minimum absolute atomic E-state index is 0.00309. The van der Waals surface area contributed by atoms with Crippen molar-refractivity contribution in [3.8, 4) is 0 Å². The second-order valence-electron chi connectivity index (χ2n) is 10.8. The first kappa shape index (κ1) is 23.6. The average Bonchev–Trinajstić information content (AvgIpc) is 3.39. The highest BCUT2D eigenvalue weighted by Crippen LogP contribution is 2.42. The van der Waals surface area contributed by atoms with Crippen LogP contribution in [0.5, 0.6) is 0 Å². The van der Waals surface area contributed by atoms with E-state index in [1.54, 1.807) is 0 Å². The lowest BCUT2D eigenvalue weighted by Gasteiger charge is -2.36. The van der Waals surface area contributed by atoms with Gasteiger partial charge < -0.3 is 10.2 Å². The number of piperidine rings is 1. The van der Waals surface area contributed by atoms with Crippen molar-refractivity contribution in [2.75, 3.05) is 13.1 Å². The third-order valence-corrected chi connectivity index (χ3v) is 8.96. The molecule has 2 atom stereocenters. The van der Waals surface area contributed by atoms with E-state index in [2.05, 4.69) is 65.0 Å². The maximum atomic E-state index is 14.0. The van der Waals surface area contributed by atoms with E-state index in [-0.39, 0.29) is 12.0 Å². The number of carbonyl (C=O) groups excluding carboxylic acids is 1. The van der Waals surface area contributed by atoms with Gasteiger partial charge in [0.2, 0.25) is 5.91 Å². The fourth-order valence-electron chi connectivity index (χ4n) is 6.91. The van der Waals surface area contributed by atoms with Crippen LogP contribution in [0.3, 0.4) is 0 Å². The quantitative estimate of drug-likeness (QED) is 0.491. The van der Waals surface area contributed by atoms with Crippen LogP contribution in [0.1, 0.15) is 67.6 Å². The Morgan fingerprint density at radius 3 is 2.53 bits per heavy atom. The highest BCUT2D eigenvalue weighted by molar-refractivity contribution is 6.30. The Hall–Kier alpha value is -2.78. The van der Waals surface area contributed by atoms with Crippen LogP contribution in [0.4, 0.5) is 0 Å². The Balaban J connectivity index is 1.29. The number of likely N-dealkylation sites (tertiary alicyclic amines) is 1. The van der Waals surface area contributed by atoms with Crippen LogP contribution >= 0.6 is 11.6 Å². The molecule has 186 valence electrons. The topological polar surface area (TPSA) is 32.3 Å². The first-order valence-electron chi connectivity index (χ1n) is 13.6. The van der Waals surface area contributed by atoms with Crippen LogP contribution in [0, 0.1) is 5.92 Å². The molecule has 2 aliphatic carbocycles. The van der Waals surface area contributed by atoms with Gasteiger partial charge in [-0.15, -0.1) is 0 Å². The molecule has 0 aromatic heterocycles. The Morgan fingerprint density at radius 2 is 1.75 bits per heavy atom. The molecule has 2 aliphatic heterocycles. The summed E-state index contributed by atoms with van der Waals surface area (Å²) in [5, 5.41) is 4.46. The molecule has 2 aromatic rings. The molecule has 4 heteroatoms. The number of hydrogen-bond donors (Lipinski definition) is 1. The van der Waals surface area contributed by atoms with E-state index in [0.29, 0.717) is 11.8 Å². The lowest BCUT2D eigenvalue weighted by Crippen LogP contribution is -2.42. The van der Waals surface area contributed by atoms with Gasteiger partial charge in [-0.3, -0.25) is 4.79 Å². The molecule has 1 amide bonds. The van der Waals surface area contributed by atoms with E-state index in [9.17, 15) is 4.79 Å². The zero-order chi connectivity index (χ0) is 24.5. The van der Waals surface area contributed by atoms with Gasteiger partial charge in [-0.1, -0.05) is 72.5 Å². The number of dihydropyridines is 1. The molecule has 0 spiro atoms. The SMILES string of the molecule is O=C(C(c1ccccc1)C1CCCC1)N1CCC(=C2c3ccc(Cl)cc3CCC3=CC=CNC32)CC1. The minimum atomic E-state index is 0.00309. The molecule has 6 rings (SSSR count). The van der Waals surface area contributed by atoms with Crippen LogP contribution in [-0.4, -0.2) is 29.9 Å². The Bertz CT molecular complexity index is 1210. The number of rotatable bonds is 3. The van der Waals surface area contributed by atoms with Gasteiger partial charge >= 0.3 is 0 Å². The molecule has 2 unspecified atom stereocenters. The number of nitrogens with one attached hydrogen (secondary N) is 1. The van der Waals surface area contributed by atoms with Gasteiger partial charge in [-0.2, -0.15) is 0 Å². The highest BCUT2D eigenvalue weighted by atomic mass is 35.5. The van der Waals surface area contributed by atoms with Crippen LogP contribution in [0.15, 0.2) is 78.0 Å². The molecule has 3 nitrogen and oxygen atoms in total. The van der Waals surface area contributed by atoms with E-state index in [4.69, 9.17) is 11.6 Å². The van der Waals surface area contributed by atoms with Gasteiger partial charge in [0.1, 0.15) is 0 Å². The first-order chi connectivity index (χ1) is 17.7. The molecule has 0 radical (unpaired) electrons. The van der Waals surface area contributed by atoms with E-state index in [1.807, 2.05) is 12.1 Å². The fourth-order valence-corrected chi connectivity index (χ4v) is 7.11. The van der Waals surface area contributed by atoms with E-state index < -0.39 is 0 Å². The van der Waals surface area contributed by atoms with Crippen molar-refractivity contribution in [2.45, 2.75) is 63.3 Å². The standard InChI is InChI=1S/C32H35ClN2O/c33-27-14-15-28-26(21-27)13-12-25-11-6-18-34-31(25)30(28)24-16-19-35(20-17-24)32(36)29(23-9-4-5-10-23)22-7-2-1-3-8-22/h1-3,6-8,11,14-15,18,21,23,29,31,34H,4-5,9-10,12-13,16-17,19-20H2. The van der Waals surface area contributed by atoms with Crippen LogP contribution in [0.25, 0.3) is 5.57 Å². The van der Waals surface area contributed by atoms with Crippen molar-refractivity contribution >= 4 is 23.1 Å². The number of halogens is 1. The summed E-state index contributed by atoms with van der Waals surface area (Å²) in [5.74, 6) is 0.817. The number of carbonyl (C=O) groups is 1. The minimum Gasteiger partial charge on any atom is -0.380 e. The number of amides is 1. The Labute approximate surface area is 219 Å². The van der Waals surface area contributed by atoms with E-state index in [1.165, 1.54) is 59.1 Å². The smallest absolute Gasteiger partial charge is 0.230 e. The van der Waals surface area contributed by atoms with Gasteiger partial charge in [-0.05, 0) is 96.7 Å². The van der Waals surface area contributed by atoms with Crippen molar-refractivity contribution in [3.63, 3.8) is 0 Å². The van der Waals surface area contributed by atoms with Gasteiger partial charge in [-0.25, -0.2) is 0 Å². The zero-order valence-electron chi connectivity index (χ0n) is 20.9. The summed E-state index contributed by atoms with van der Waals surface area (Å²) in [6, 6.07) is 17.1. The van der Waals surface area contributed by atoms with Crippen molar-refractivity contribution in [3.05, 3.63) is 99.7 Å². The summed E-state index contributed by atoms with van der Waals surface area (Å²) < 4.78 is 0. The number of hydrogen-bond acceptors (Lipinski definition) is 2. The second kappa shape index (κ2) is 10.3. The van der Waals surface area contributed by atoms with Crippen LogP contribution in [-0.2, 0) is 11.2 Å². The second-order valence-corrected chi connectivity index (χ2v) is 11.2. The molecule has 1 saturated carbocycles. The predicted octanol–water partition coefficient (Wildman–Crippen LogP) is 7.05. The van der Waals surface area contributed by atoms with Crippen molar-refractivity contribution in [2.24, 2.45) is 5.92 Å².